The Morgan fingerprint density at radius 1 is 1.24 bits per heavy atom. The second-order valence-electron chi connectivity index (χ2n) is 8.42. The van der Waals surface area contributed by atoms with Crippen LogP contribution in [0.25, 0.3) is 5.78 Å². The normalized spacial score (nSPS) is 25.8. The number of aromatic nitrogens is 3. The average molecular weight is 398 g/mol. The summed E-state index contributed by atoms with van der Waals surface area (Å²) >= 11 is 0. The van der Waals surface area contributed by atoms with Crippen molar-refractivity contribution in [3.63, 3.8) is 0 Å². The van der Waals surface area contributed by atoms with Crippen molar-refractivity contribution >= 4 is 17.8 Å². The summed E-state index contributed by atoms with van der Waals surface area (Å²) in [6.07, 6.45) is 6.57. The SMILES string of the molecule is CC(C)N1CCC(N2C(=O)O[C@H]3CN(C(=O)c4cn5cccnc5n4)C[C@H]32)CC1. The van der Waals surface area contributed by atoms with Crippen LogP contribution in [-0.2, 0) is 4.74 Å². The Bertz CT molecular complexity index is 902. The Morgan fingerprint density at radius 2 is 2.03 bits per heavy atom. The van der Waals surface area contributed by atoms with Crippen molar-refractivity contribution in [2.45, 2.75) is 50.9 Å². The predicted molar refractivity (Wildman–Crippen MR) is 105 cm³/mol. The third kappa shape index (κ3) is 3.13. The standard InChI is InChI=1S/C20H26N6O3/c1-13(2)23-8-4-14(5-9-23)26-16-11-25(12-17(16)29-20(26)28)18(27)15-10-24-7-3-6-21-19(24)22-15/h3,6-7,10,13-14,16-17H,4-5,8-9,11-12H2,1-2H3/t16-,17+/m1/s1. The van der Waals surface area contributed by atoms with Gasteiger partial charge in [0.1, 0.15) is 11.8 Å². The predicted octanol–water partition coefficient (Wildman–Crippen LogP) is 1.25. The Hall–Kier alpha value is -2.68. The fourth-order valence-corrected chi connectivity index (χ4v) is 4.83. The molecule has 3 aliphatic heterocycles. The van der Waals surface area contributed by atoms with Crippen LogP contribution < -0.4 is 0 Å². The Balaban J connectivity index is 1.29. The molecule has 3 aliphatic rings. The van der Waals surface area contributed by atoms with Crippen molar-refractivity contribution in [1.82, 2.24) is 29.1 Å². The maximum Gasteiger partial charge on any atom is 0.410 e. The van der Waals surface area contributed by atoms with Crippen LogP contribution in [0.2, 0.25) is 0 Å². The minimum atomic E-state index is -0.260. The molecule has 2 aromatic heterocycles. The van der Waals surface area contributed by atoms with Crippen LogP contribution in [0.4, 0.5) is 4.79 Å². The molecule has 0 unspecified atom stereocenters. The van der Waals surface area contributed by atoms with E-state index in [1.165, 1.54) is 0 Å². The lowest BCUT2D eigenvalue weighted by atomic mass is 10.0. The van der Waals surface area contributed by atoms with E-state index in [0.717, 1.165) is 25.9 Å². The van der Waals surface area contributed by atoms with Gasteiger partial charge in [0.15, 0.2) is 0 Å². The first kappa shape index (κ1) is 18.4. The number of nitrogens with zero attached hydrogens (tertiary/aromatic N) is 6. The number of piperidine rings is 1. The van der Waals surface area contributed by atoms with Crippen molar-refractivity contribution in [1.29, 1.82) is 0 Å². The van der Waals surface area contributed by atoms with Gasteiger partial charge >= 0.3 is 6.09 Å². The van der Waals surface area contributed by atoms with E-state index in [9.17, 15) is 9.59 Å². The second-order valence-corrected chi connectivity index (χ2v) is 8.42. The van der Waals surface area contributed by atoms with E-state index in [4.69, 9.17) is 4.74 Å². The molecule has 0 aliphatic carbocycles. The van der Waals surface area contributed by atoms with E-state index in [1.807, 2.05) is 11.1 Å². The lowest BCUT2D eigenvalue weighted by Crippen LogP contribution is -2.51. The number of likely N-dealkylation sites (tertiary alicyclic amines) is 2. The molecular formula is C20H26N6O3. The van der Waals surface area contributed by atoms with Crippen LogP contribution in [0.15, 0.2) is 24.7 Å². The van der Waals surface area contributed by atoms with Gasteiger partial charge in [0.25, 0.3) is 5.91 Å². The first-order valence-corrected chi connectivity index (χ1v) is 10.3. The number of carbonyl (C=O) groups excluding carboxylic acids is 2. The monoisotopic (exact) mass is 398 g/mol. The fourth-order valence-electron chi connectivity index (χ4n) is 4.83. The van der Waals surface area contributed by atoms with E-state index in [-0.39, 0.29) is 30.2 Å². The summed E-state index contributed by atoms with van der Waals surface area (Å²) in [6, 6.07) is 2.43. The minimum absolute atomic E-state index is 0.0720. The lowest BCUT2D eigenvalue weighted by Gasteiger charge is -2.39. The molecule has 3 saturated heterocycles. The molecule has 2 aromatic rings. The fraction of sp³-hybridized carbons (Fsp3) is 0.600. The third-order valence-electron chi connectivity index (χ3n) is 6.42. The van der Waals surface area contributed by atoms with Gasteiger partial charge in [0, 0.05) is 50.3 Å². The molecule has 0 N–H and O–H groups in total. The summed E-state index contributed by atoms with van der Waals surface area (Å²) in [5.74, 6) is 0.357. The molecule has 3 fully saturated rings. The quantitative estimate of drug-likeness (QED) is 0.774. The number of rotatable bonds is 3. The topological polar surface area (TPSA) is 83.3 Å². The van der Waals surface area contributed by atoms with Crippen LogP contribution in [0.1, 0.15) is 37.2 Å². The Labute approximate surface area is 169 Å². The number of hydrogen-bond acceptors (Lipinski definition) is 6. The first-order valence-electron chi connectivity index (χ1n) is 10.3. The van der Waals surface area contributed by atoms with Crippen LogP contribution in [-0.4, -0.2) is 91.5 Å². The number of imidazole rings is 1. The molecule has 0 bridgehead atoms. The molecule has 0 saturated carbocycles. The largest absolute Gasteiger partial charge is 0.442 e. The van der Waals surface area contributed by atoms with Gasteiger partial charge in [-0.3, -0.25) is 14.1 Å². The van der Waals surface area contributed by atoms with E-state index >= 15 is 0 Å². The highest BCUT2D eigenvalue weighted by Gasteiger charge is 2.51. The van der Waals surface area contributed by atoms with Crippen molar-refractivity contribution < 1.29 is 14.3 Å². The van der Waals surface area contributed by atoms with Crippen LogP contribution >= 0.6 is 0 Å². The molecular weight excluding hydrogens is 372 g/mol. The van der Waals surface area contributed by atoms with Crippen molar-refractivity contribution in [3.05, 3.63) is 30.4 Å². The molecule has 9 nitrogen and oxygen atoms in total. The highest BCUT2D eigenvalue weighted by atomic mass is 16.6. The smallest absolute Gasteiger partial charge is 0.410 e. The van der Waals surface area contributed by atoms with Crippen LogP contribution in [0.5, 0.6) is 0 Å². The van der Waals surface area contributed by atoms with Crippen molar-refractivity contribution in [2.24, 2.45) is 0 Å². The van der Waals surface area contributed by atoms with E-state index in [1.54, 1.807) is 27.8 Å². The second kappa shape index (κ2) is 6.98. The van der Waals surface area contributed by atoms with Gasteiger partial charge < -0.3 is 14.5 Å². The van der Waals surface area contributed by atoms with E-state index in [0.29, 0.717) is 30.6 Å². The minimum Gasteiger partial charge on any atom is -0.442 e. The summed E-state index contributed by atoms with van der Waals surface area (Å²) in [5, 5.41) is 0. The molecule has 0 aromatic carbocycles. The maximum absolute atomic E-state index is 13.0. The summed E-state index contributed by atoms with van der Waals surface area (Å²) < 4.78 is 7.38. The zero-order valence-corrected chi connectivity index (χ0v) is 16.8. The molecule has 5 heterocycles. The summed E-state index contributed by atoms with van der Waals surface area (Å²) in [4.78, 5) is 40.1. The number of ether oxygens (including phenoxy) is 1. The lowest BCUT2D eigenvalue weighted by molar-refractivity contribution is 0.0670. The van der Waals surface area contributed by atoms with Gasteiger partial charge in [0.05, 0.1) is 12.6 Å². The van der Waals surface area contributed by atoms with Gasteiger partial charge in [-0.1, -0.05) is 0 Å². The number of fused-ring (bicyclic) bond motifs is 2. The number of amides is 2. The highest BCUT2D eigenvalue weighted by molar-refractivity contribution is 5.93. The zero-order valence-electron chi connectivity index (χ0n) is 16.8. The molecule has 2 amide bonds. The van der Waals surface area contributed by atoms with Gasteiger partial charge in [-0.2, -0.15) is 0 Å². The van der Waals surface area contributed by atoms with Crippen LogP contribution in [0, 0.1) is 0 Å². The van der Waals surface area contributed by atoms with E-state index < -0.39 is 0 Å². The van der Waals surface area contributed by atoms with Gasteiger partial charge in [-0.05, 0) is 32.8 Å². The zero-order chi connectivity index (χ0) is 20.1. The molecule has 5 rings (SSSR count). The summed E-state index contributed by atoms with van der Waals surface area (Å²) in [5.41, 5.74) is 0.367. The van der Waals surface area contributed by atoms with Crippen molar-refractivity contribution in [2.75, 3.05) is 26.2 Å². The highest BCUT2D eigenvalue weighted by Crippen LogP contribution is 2.32. The Morgan fingerprint density at radius 3 is 2.76 bits per heavy atom. The molecule has 0 radical (unpaired) electrons. The average Bonchev–Trinajstić information content (AvgIpc) is 3.39. The molecule has 2 atom stereocenters. The molecule has 9 heteroatoms. The molecule has 29 heavy (non-hydrogen) atoms. The molecule has 0 spiro atoms. The van der Waals surface area contributed by atoms with Gasteiger partial charge in [0.2, 0.25) is 5.78 Å². The van der Waals surface area contributed by atoms with Gasteiger partial charge in [-0.15, -0.1) is 0 Å². The maximum atomic E-state index is 13.0. The van der Waals surface area contributed by atoms with E-state index in [2.05, 4.69) is 28.7 Å². The Kier molecular flexibility index (Phi) is 4.42. The van der Waals surface area contributed by atoms with Crippen molar-refractivity contribution in [3.8, 4) is 0 Å². The first-order chi connectivity index (χ1) is 14.0. The van der Waals surface area contributed by atoms with Crippen LogP contribution in [0.3, 0.4) is 0 Å². The van der Waals surface area contributed by atoms with Gasteiger partial charge in [-0.25, -0.2) is 14.8 Å². The number of carbonyl (C=O) groups is 2. The number of hydrogen-bond donors (Lipinski definition) is 0. The summed E-state index contributed by atoms with van der Waals surface area (Å²) in [7, 11) is 0. The molecule has 154 valence electrons. The summed E-state index contributed by atoms with van der Waals surface area (Å²) in [6.45, 7) is 7.28. The third-order valence-corrected chi connectivity index (χ3v) is 6.42.